The van der Waals surface area contributed by atoms with Gasteiger partial charge in [-0.15, -0.1) is 0 Å². The van der Waals surface area contributed by atoms with Gasteiger partial charge in [-0.1, -0.05) is 53.5 Å². The molecule has 0 atom stereocenters. The summed E-state index contributed by atoms with van der Waals surface area (Å²) in [6.07, 6.45) is 3.16. The second-order valence-electron chi connectivity index (χ2n) is 9.75. The van der Waals surface area contributed by atoms with Gasteiger partial charge in [-0.25, -0.2) is 4.98 Å². The molecule has 1 aliphatic rings. The van der Waals surface area contributed by atoms with Crippen LogP contribution in [0, 0.1) is 12.3 Å². The number of nitrogens with zero attached hydrogens (tertiary/aromatic N) is 3. The second-order valence-corrected chi connectivity index (χ2v) is 10.5. The van der Waals surface area contributed by atoms with E-state index in [9.17, 15) is 9.59 Å². The fourth-order valence-electron chi connectivity index (χ4n) is 4.62. The van der Waals surface area contributed by atoms with Gasteiger partial charge < -0.3 is 14.5 Å². The largest absolute Gasteiger partial charge is 0.493 e. The molecule has 4 rings (SSSR count). The standard InChI is InChI=1S/C29H31Cl2N3O3/c1-21-17-23(10-11-25(21)30)37-20-29(18-26(35)33(2)19-22-7-4-3-5-8-22)12-15-34(16-13-29)28(36)24-9-6-14-32-27(24)31/h3-11,14,17H,12-13,15-16,18-20H2,1-2H3. The molecule has 0 unspecified atom stereocenters. The summed E-state index contributed by atoms with van der Waals surface area (Å²) >= 11 is 12.3. The van der Waals surface area contributed by atoms with E-state index in [1.807, 2.05) is 62.5 Å². The second kappa shape index (κ2) is 12.0. The molecule has 0 spiro atoms. The number of carbonyl (C=O) groups is 2. The zero-order valence-electron chi connectivity index (χ0n) is 21.1. The lowest BCUT2D eigenvalue weighted by Crippen LogP contribution is -2.47. The van der Waals surface area contributed by atoms with E-state index in [1.54, 1.807) is 28.1 Å². The molecule has 2 amide bonds. The van der Waals surface area contributed by atoms with Crippen molar-refractivity contribution in [2.45, 2.75) is 32.7 Å². The van der Waals surface area contributed by atoms with E-state index < -0.39 is 5.41 Å². The lowest BCUT2D eigenvalue weighted by atomic mass is 9.75. The molecule has 2 aromatic carbocycles. The van der Waals surface area contributed by atoms with Gasteiger partial charge in [0.05, 0.1) is 12.2 Å². The van der Waals surface area contributed by atoms with Crippen LogP contribution in [0.3, 0.4) is 0 Å². The molecule has 0 N–H and O–H groups in total. The van der Waals surface area contributed by atoms with Crippen LogP contribution in [-0.4, -0.2) is 53.3 Å². The number of pyridine rings is 1. The molecule has 6 nitrogen and oxygen atoms in total. The van der Waals surface area contributed by atoms with E-state index in [1.165, 1.54) is 0 Å². The van der Waals surface area contributed by atoms with Gasteiger partial charge in [0.2, 0.25) is 5.91 Å². The molecule has 8 heteroatoms. The van der Waals surface area contributed by atoms with Crippen molar-refractivity contribution in [2.75, 3.05) is 26.7 Å². The number of halogens is 2. The van der Waals surface area contributed by atoms with Crippen molar-refractivity contribution in [1.82, 2.24) is 14.8 Å². The maximum Gasteiger partial charge on any atom is 0.256 e. The highest BCUT2D eigenvalue weighted by atomic mass is 35.5. The van der Waals surface area contributed by atoms with Gasteiger partial charge in [0.15, 0.2) is 0 Å². The topological polar surface area (TPSA) is 62.7 Å². The molecule has 3 aromatic rings. The summed E-state index contributed by atoms with van der Waals surface area (Å²) in [5.41, 5.74) is 1.99. The highest BCUT2D eigenvalue weighted by molar-refractivity contribution is 6.32. The van der Waals surface area contributed by atoms with Crippen molar-refractivity contribution in [3.05, 3.63) is 93.7 Å². The normalized spacial score (nSPS) is 14.8. The van der Waals surface area contributed by atoms with E-state index in [0.717, 1.165) is 11.1 Å². The first-order valence-corrected chi connectivity index (χ1v) is 13.1. The fraction of sp³-hybridized carbons (Fsp3) is 0.345. The maximum absolute atomic E-state index is 13.4. The van der Waals surface area contributed by atoms with Gasteiger partial charge in [0.1, 0.15) is 10.9 Å². The third-order valence-corrected chi connectivity index (χ3v) is 7.72. The number of aromatic nitrogens is 1. The van der Waals surface area contributed by atoms with Crippen LogP contribution in [-0.2, 0) is 11.3 Å². The van der Waals surface area contributed by atoms with Gasteiger partial charge in [-0.3, -0.25) is 9.59 Å². The summed E-state index contributed by atoms with van der Waals surface area (Å²) in [5.74, 6) is 0.621. The number of carbonyl (C=O) groups excluding carboxylic acids is 2. The molecule has 0 saturated carbocycles. The first-order chi connectivity index (χ1) is 17.8. The minimum atomic E-state index is -0.412. The molecule has 0 aliphatic carbocycles. The molecular weight excluding hydrogens is 509 g/mol. The van der Waals surface area contributed by atoms with Crippen molar-refractivity contribution < 1.29 is 14.3 Å². The maximum atomic E-state index is 13.4. The molecule has 0 bridgehead atoms. The third kappa shape index (κ3) is 6.82. The SMILES string of the molecule is Cc1cc(OCC2(CC(=O)N(C)Cc3ccccc3)CCN(C(=O)c3cccnc3Cl)CC2)ccc1Cl. The van der Waals surface area contributed by atoms with Crippen molar-refractivity contribution in [1.29, 1.82) is 0 Å². The van der Waals surface area contributed by atoms with Gasteiger partial charge in [0.25, 0.3) is 5.91 Å². The number of rotatable bonds is 8. The van der Waals surface area contributed by atoms with Crippen LogP contribution < -0.4 is 4.74 Å². The minimum Gasteiger partial charge on any atom is -0.493 e. The van der Waals surface area contributed by atoms with Crippen molar-refractivity contribution >= 4 is 35.0 Å². The summed E-state index contributed by atoms with van der Waals surface area (Å²) < 4.78 is 6.22. The number of amides is 2. The average molecular weight is 540 g/mol. The Morgan fingerprint density at radius 1 is 1.05 bits per heavy atom. The van der Waals surface area contributed by atoms with Crippen LogP contribution >= 0.6 is 23.2 Å². The highest BCUT2D eigenvalue weighted by Gasteiger charge is 2.39. The molecule has 1 aromatic heterocycles. The zero-order chi connectivity index (χ0) is 26.4. The molecule has 1 aliphatic heterocycles. The zero-order valence-corrected chi connectivity index (χ0v) is 22.6. The number of hydrogen-bond acceptors (Lipinski definition) is 4. The Morgan fingerprint density at radius 2 is 1.78 bits per heavy atom. The number of benzene rings is 2. The monoisotopic (exact) mass is 539 g/mol. The number of hydrogen-bond donors (Lipinski definition) is 0. The summed E-state index contributed by atoms with van der Waals surface area (Å²) in [6, 6.07) is 18.9. The van der Waals surface area contributed by atoms with Gasteiger partial charge in [0, 0.05) is 49.7 Å². The Labute approximate surface area is 228 Å². The van der Waals surface area contributed by atoms with Gasteiger partial charge >= 0.3 is 0 Å². The summed E-state index contributed by atoms with van der Waals surface area (Å²) in [5, 5.41) is 0.879. The molecule has 0 radical (unpaired) electrons. The van der Waals surface area contributed by atoms with Crippen LogP contribution in [0.4, 0.5) is 0 Å². The van der Waals surface area contributed by atoms with Crippen molar-refractivity contribution in [2.24, 2.45) is 5.41 Å². The highest BCUT2D eigenvalue weighted by Crippen LogP contribution is 2.37. The Kier molecular flexibility index (Phi) is 8.72. The van der Waals surface area contributed by atoms with Crippen LogP contribution in [0.25, 0.3) is 0 Å². The predicted octanol–water partition coefficient (Wildman–Crippen LogP) is 6.05. The van der Waals surface area contributed by atoms with E-state index in [2.05, 4.69) is 4.98 Å². The summed E-state index contributed by atoms with van der Waals surface area (Å²) in [4.78, 5) is 34.0. The molecule has 1 saturated heterocycles. The molecule has 1 fully saturated rings. The number of aryl methyl sites for hydroxylation is 1. The Hall–Kier alpha value is -3.09. The first kappa shape index (κ1) is 27.0. The lowest BCUT2D eigenvalue weighted by molar-refractivity contribution is -0.134. The van der Waals surface area contributed by atoms with E-state index in [-0.39, 0.29) is 17.0 Å². The van der Waals surface area contributed by atoms with E-state index >= 15 is 0 Å². The van der Waals surface area contributed by atoms with E-state index in [4.69, 9.17) is 27.9 Å². The fourth-order valence-corrected chi connectivity index (χ4v) is 4.93. The lowest BCUT2D eigenvalue weighted by Gasteiger charge is -2.42. The van der Waals surface area contributed by atoms with Gasteiger partial charge in [-0.2, -0.15) is 0 Å². The Bertz CT molecular complexity index is 1240. The molecule has 2 heterocycles. The quantitative estimate of drug-likeness (QED) is 0.327. The first-order valence-electron chi connectivity index (χ1n) is 12.3. The van der Waals surface area contributed by atoms with Crippen LogP contribution in [0.5, 0.6) is 5.75 Å². The number of ether oxygens (including phenoxy) is 1. The Morgan fingerprint density at radius 3 is 2.46 bits per heavy atom. The Balaban J connectivity index is 1.48. The molecule has 194 valence electrons. The van der Waals surface area contributed by atoms with Crippen LogP contribution in [0.15, 0.2) is 66.9 Å². The molecular formula is C29H31Cl2N3O3. The number of piperidine rings is 1. The number of likely N-dealkylation sites (tertiary alicyclic amines) is 1. The predicted molar refractivity (Wildman–Crippen MR) is 146 cm³/mol. The summed E-state index contributed by atoms with van der Waals surface area (Å²) in [6.45, 7) is 3.85. The average Bonchev–Trinajstić information content (AvgIpc) is 2.90. The van der Waals surface area contributed by atoms with E-state index in [0.29, 0.717) is 61.8 Å². The minimum absolute atomic E-state index is 0.0508. The van der Waals surface area contributed by atoms with Crippen LogP contribution in [0.1, 0.15) is 40.7 Å². The summed E-state index contributed by atoms with van der Waals surface area (Å²) in [7, 11) is 1.83. The van der Waals surface area contributed by atoms with Crippen LogP contribution in [0.2, 0.25) is 10.2 Å². The molecule has 37 heavy (non-hydrogen) atoms. The smallest absolute Gasteiger partial charge is 0.256 e. The van der Waals surface area contributed by atoms with Crippen molar-refractivity contribution in [3.63, 3.8) is 0 Å². The third-order valence-electron chi connectivity index (χ3n) is 6.99. The van der Waals surface area contributed by atoms with Crippen molar-refractivity contribution in [3.8, 4) is 5.75 Å². The van der Waals surface area contributed by atoms with Gasteiger partial charge in [-0.05, 0) is 61.2 Å².